The number of ketones is 1. The Labute approximate surface area is 162 Å². The van der Waals surface area contributed by atoms with Gasteiger partial charge in [0.15, 0.2) is 10.9 Å². The predicted octanol–water partition coefficient (Wildman–Crippen LogP) is 4.88. The first-order valence-corrected chi connectivity index (χ1v) is 10.3. The summed E-state index contributed by atoms with van der Waals surface area (Å²) in [4.78, 5) is 30.7. The van der Waals surface area contributed by atoms with Crippen molar-refractivity contribution in [1.29, 1.82) is 0 Å². The molecule has 1 fully saturated rings. The summed E-state index contributed by atoms with van der Waals surface area (Å²) in [5.74, 6) is 0.0565. The summed E-state index contributed by atoms with van der Waals surface area (Å²) >= 11 is 1.39. The van der Waals surface area contributed by atoms with Crippen LogP contribution >= 0.6 is 11.8 Å². The van der Waals surface area contributed by atoms with E-state index in [2.05, 4.69) is 0 Å². The van der Waals surface area contributed by atoms with Crippen molar-refractivity contribution < 1.29 is 4.79 Å². The second-order valence-corrected chi connectivity index (χ2v) is 8.32. The molecule has 0 bridgehead atoms. The first kappa shape index (κ1) is 18.0. The van der Waals surface area contributed by atoms with Crippen LogP contribution in [-0.4, -0.2) is 20.6 Å². The van der Waals surface area contributed by atoms with Gasteiger partial charge >= 0.3 is 0 Å². The minimum absolute atomic E-state index is 0.00867. The Kier molecular flexibility index (Phi) is 5.12. The summed E-state index contributed by atoms with van der Waals surface area (Å²) < 4.78 is 1.84. The van der Waals surface area contributed by atoms with Crippen molar-refractivity contribution in [2.45, 2.75) is 49.1 Å². The largest absolute Gasteiger partial charge is 0.293 e. The van der Waals surface area contributed by atoms with Gasteiger partial charge in [0.2, 0.25) is 0 Å². The molecule has 0 amide bonds. The fraction of sp³-hybridized carbons (Fsp3) is 0.318. The number of carbonyl (C=O) groups excluding carboxylic acids is 1. The number of rotatable bonds is 5. The molecule has 0 saturated heterocycles. The molecule has 1 atom stereocenters. The minimum Gasteiger partial charge on any atom is -0.293 e. The van der Waals surface area contributed by atoms with Gasteiger partial charge in [-0.05, 0) is 31.9 Å². The lowest BCUT2D eigenvalue weighted by molar-refractivity contribution is 0.0994. The van der Waals surface area contributed by atoms with E-state index >= 15 is 0 Å². The van der Waals surface area contributed by atoms with Gasteiger partial charge in [0.25, 0.3) is 5.56 Å². The van der Waals surface area contributed by atoms with Crippen molar-refractivity contribution in [3.05, 3.63) is 70.5 Å². The zero-order valence-corrected chi connectivity index (χ0v) is 16.1. The highest BCUT2D eigenvalue weighted by Gasteiger charge is 2.25. The molecule has 1 heterocycles. The molecule has 1 saturated carbocycles. The van der Waals surface area contributed by atoms with Crippen LogP contribution in [0.25, 0.3) is 10.9 Å². The van der Waals surface area contributed by atoms with Crippen LogP contribution in [0.3, 0.4) is 0 Å². The zero-order chi connectivity index (χ0) is 18.8. The highest BCUT2D eigenvalue weighted by molar-refractivity contribution is 8.00. The Morgan fingerprint density at radius 3 is 2.48 bits per heavy atom. The van der Waals surface area contributed by atoms with E-state index in [4.69, 9.17) is 4.98 Å². The number of carbonyl (C=O) groups is 1. The molecular formula is C22H22N2O2S. The lowest BCUT2D eigenvalue weighted by atomic mass is 10.1. The Morgan fingerprint density at radius 2 is 1.74 bits per heavy atom. The fourth-order valence-corrected chi connectivity index (χ4v) is 4.80. The lowest BCUT2D eigenvalue weighted by Crippen LogP contribution is -2.27. The molecule has 138 valence electrons. The zero-order valence-electron chi connectivity index (χ0n) is 15.3. The van der Waals surface area contributed by atoms with Gasteiger partial charge in [-0.3, -0.25) is 14.2 Å². The van der Waals surface area contributed by atoms with E-state index < -0.39 is 0 Å². The highest BCUT2D eigenvalue weighted by Crippen LogP contribution is 2.33. The molecule has 27 heavy (non-hydrogen) atoms. The highest BCUT2D eigenvalue weighted by atomic mass is 32.2. The van der Waals surface area contributed by atoms with Gasteiger partial charge in [0.05, 0.1) is 16.2 Å². The smallest absolute Gasteiger partial charge is 0.262 e. The molecule has 1 aliphatic carbocycles. The number of benzene rings is 2. The average molecular weight is 378 g/mol. The Morgan fingerprint density at radius 1 is 1.07 bits per heavy atom. The third-order valence-corrected chi connectivity index (χ3v) is 6.24. The van der Waals surface area contributed by atoms with Crippen LogP contribution in [-0.2, 0) is 0 Å². The van der Waals surface area contributed by atoms with Gasteiger partial charge in [-0.1, -0.05) is 67.1 Å². The Bertz CT molecular complexity index is 1020. The van der Waals surface area contributed by atoms with Crippen LogP contribution < -0.4 is 5.56 Å². The first-order valence-electron chi connectivity index (χ1n) is 9.42. The number of fused-ring (bicyclic) bond motifs is 1. The minimum atomic E-state index is -0.312. The Hall–Kier alpha value is -2.40. The van der Waals surface area contributed by atoms with Crippen molar-refractivity contribution in [3.63, 3.8) is 0 Å². The van der Waals surface area contributed by atoms with Crippen LogP contribution in [0.5, 0.6) is 0 Å². The maximum atomic E-state index is 13.2. The van der Waals surface area contributed by atoms with Gasteiger partial charge in [0.1, 0.15) is 0 Å². The van der Waals surface area contributed by atoms with E-state index in [1.165, 1.54) is 11.8 Å². The summed E-state index contributed by atoms with van der Waals surface area (Å²) in [6.45, 7) is 1.89. The van der Waals surface area contributed by atoms with E-state index in [9.17, 15) is 9.59 Å². The van der Waals surface area contributed by atoms with Gasteiger partial charge in [-0.25, -0.2) is 4.98 Å². The van der Waals surface area contributed by atoms with Gasteiger partial charge in [-0.15, -0.1) is 0 Å². The molecule has 0 aliphatic heterocycles. The summed E-state index contributed by atoms with van der Waals surface area (Å²) in [5, 5.41) is 0.992. The van der Waals surface area contributed by atoms with Gasteiger partial charge in [-0.2, -0.15) is 0 Å². The van der Waals surface area contributed by atoms with Crippen molar-refractivity contribution in [3.8, 4) is 0 Å². The number of nitrogens with zero attached hydrogens (tertiary/aromatic N) is 2. The van der Waals surface area contributed by atoms with E-state index in [1.54, 1.807) is 0 Å². The van der Waals surface area contributed by atoms with Crippen LogP contribution in [0, 0.1) is 0 Å². The number of Topliss-reactive ketones (excluding diaryl/α,β-unsaturated/α-hetero) is 1. The molecule has 0 N–H and O–H groups in total. The summed E-state index contributed by atoms with van der Waals surface area (Å²) in [7, 11) is 0. The van der Waals surface area contributed by atoms with Crippen LogP contribution in [0.2, 0.25) is 0 Å². The molecule has 0 unspecified atom stereocenters. The van der Waals surface area contributed by atoms with E-state index in [0.29, 0.717) is 21.6 Å². The summed E-state index contributed by atoms with van der Waals surface area (Å²) in [6, 6.07) is 16.9. The molecule has 0 radical (unpaired) electrons. The quantitative estimate of drug-likeness (QED) is 0.361. The topological polar surface area (TPSA) is 52.0 Å². The molecule has 4 rings (SSSR count). The summed E-state index contributed by atoms with van der Waals surface area (Å²) in [6.07, 6.45) is 4.25. The van der Waals surface area contributed by atoms with Crippen LogP contribution in [0.4, 0.5) is 0 Å². The SMILES string of the molecule is C[C@H](Sc1nc2ccccc2c(=O)n1C1CCCC1)C(=O)c1ccccc1. The van der Waals surface area contributed by atoms with Gasteiger partial charge < -0.3 is 0 Å². The molecule has 4 nitrogen and oxygen atoms in total. The van der Waals surface area contributed by atoms with E-state index in [-0.39, 0.29) is 22.6 Å². The molecule has 2 aromatic carbocycles. The fourth-order valence-electron chi connectivity index (χ4n) is 3.74. The third-order valence-electron chi connectivity index (χ3n) is 5.17. The normalized spacial score (nSPS) is 15.9. The molecule has 1 aliphatic rings. The summed E-state index contributed by atoms with van der Waals surface area (Å²) in [5.41, 5.74) is 1.39. The molecule has 5 heteroatoms. The average Bonchev–Trinajstić information content (AvgIpc) is 3.22. The van der Waals surface area contributed by atoms with E-state index in [0.717, 1.165) is 25.7 Å². The first-order chi connectivity index (χ1) is 13.1. The second kappa shape index (κ2) is 7.69. The van der Waals surface area contributed by atoms with Crippen molar-refractivity contribution in [1.82, 2.24) is 9.55 Å². The van der Waals surface area contributed by atoms with Crippen molar-refractivity contribution >= 4 is 28.4 Å². The number of aromatic nitrogens is 2. The molecule has 0 spiro atoms. The monoisotopic (exact) mass is 378 g/mol. The maximum Gasteiger partial charge on any atom is 0.262 e. The molecule has 3 aromatic rings. The van der Waals surface area contributed by atoms with Crippen molar-refractivity contribution in [2.24, 2.45) is 0 Å². The molecule has 1 aromatic heterocycles. The maximum absolute atomic E-state index is 13.2. The van der Waals surface area contributed by atoms with Crippen LogP contribution in [0.15, 0.2) is 64.5 Å². The lowest BCUT2D eigenvalue weighted by Gasteiger charge is -2.20. The number of hydrogen-bond donors (Lipinski definition) is 0. The number of para-hydroxylation sites is 1. The second-order valence-electron chi connectivity index (χ2n) is 7.02. The third kappa shape index (κ3) is 3.56. The number of thioether (sulfide) groups is 1. The van der Waals surface area contributed by atoms with Crippen LogP contribution in [0.1, 0.15) is 49.0 Å². The standard InChI is InChI=1S/C22H22N2O2S/c1-15(20(25)16-9-3-2-4-10-16)27-22-23-19-14-8-7-13-18(19)21(26)24(22)17-11-5-6-12-17/h2-4,7-10,13-15,17H,5-6,11-12H2,1H3/t15-/m0/s1. The number of hydrogen-bond acceptors (Lipinski definition) is 4. The Balaban J connectivity index is 1.74. The van der Waals surface area contributed by atoms with Gasteiger partial charge in [0, 0.05) is 11.6 Å². The predicted molar refractivity (Wildman–Crippen MR) is 110 cm³/mol. The van der Waals surface area contributed by atoms with E-state index in [1.807, 2.05) is 66.1 Å². The molecular weight excluding hydrogens is 356 g/mol. The van der Waals surface area contributed by atoms with Crippen molar-refractivity contribution in [2.75, 3.05) is 0 Å².